The Morgan fingerprint density at radius 2 is 2.08 bits per heavy atom. The van der Waals surface area contributed by atoms with Crippen LogP contribution in [0.25, 0.3) is 0 Å². The molecule has 0 aliphatic rings. The molecule has 74 valence electrons. The third-order valence-electron chi connectivity index (χ3n) is 1.86. The van der Waals surface area contributed by atoms with Gasteiger partial charge in [-0.2, -0.15) is 0 Å². The van der Waals surface area contributed by atoms with Crippen molar-refractivity contribution in [3.63, 3.8) is 0 Å². The zero-order valence-electron chi connectivity index (χ0n) is 8.35. The van der Waals surface area contributed by atoms with Gasteiger partial charge in [0.15, 0.2) is 0 Å². The summed E-state index contributed by atoms with van der Waals surface area (Å²) in [6.07, 6.45) is 1.48. The van der Waals surface area contributed by atoms with Crippen molar-refractivity contribution in [3.8, 4) is 0 Å². The number of hydrogen-bond donors (Lipinski definition) is 0. The van der Waals surface area contributed by atoms with Gasteiger partial charge in [-0.05, 0) is 19.9 Å². The second-order valence-corrected chi connectivity index (χ2v) is 3.41. The molecule has 0 aromatic heterocycles. The van der Waals surface area contributed by atoms with Crippen LogP contribution < -0.4 is 0 Å². The van der Waals surface area contributed by atoms with Crippen LogP contribution in [0.3, 0.4) is 0 Å². The van der Waals surface area contributed by atoms with Crippen LogP contribution in [0.15, 0.2) is 0 Å². The normalized spacial score (nSPS) is 13.8. The predicted molar refractivity (Wildman–Crippen MR) is 53.9 cm³/mol. The van der Waals surface area contributed by atoms with E-state index < -0.39 is 0 Å². The zero-order valence-corrected chi connectivity index (χ0v) is 9.10. The number of alkyl halides is 1. The van der Waals surface area contributed by atoms with Crippen molar-refractivity contribution >= 4 is 11.6 Å². The highest BCUT2D eigenvalue weighted by molar-refractivity contribution is 6.18. The average Bonchev–Trinajstić information content (AvgIpc) is 2.05. The molecule has 0 aliphatic heterocycles. The number of nitrogens with zero attached hydrogens (tertiary/aromatic N) is 1. The second kappa shape index (κ2) is 7.84. The first-order chi connectivity index (χ1) is 5.74. The Bertz CT molecular complexity index is 94.5. The summed E-state index contributed by atoms with van der Waals surface area (Å²) in [6, 6.07) is 0. The predicted octanol–water partition coefficient (Wildman–Crippen LogP) is 1.97. The Kier molecular flexibility index (Phi) is 7.98. The van der Waals surface area contributed by atoms with Crippen LogP contribution in [-0.4, -0.2) is 43.6 Å². The number of ether oxygens (including phenoxy) is 1. The van der Waals surface area contributed by atoms with Gasteiger partial charge in [-0.25, -0.2) is 0 Å². The summed E-state index contributed by atoms with van der Waals surface area (Å²) in [4.78, 5) is 2.33. The summed E-state index contributed by atoms with van der Waals surface area (Å²) in [5.74, 6) is 0.705. The Balaban J connectivity index is 3.61. The molecule has 0 radical (unpaired) electrons. The first-order valence-corrected chi connectivity index (χ1v) is 5.09. The van der Waals surface area contributed by atoms with Crippen molar-refractivity contribution in [1.82, 2.24) is 4.90 Å². The highest BCUT2D eigenvalue weighted by atomic mass is 35.5. The Hall–Kier alpha value is 0.210. The van der Waals surface area contributed by atoms with E-state index in [4.69, 9.17) is 16.3 Å². The molecular formula is C9H20ClNO. The lowest BCUT2D eigenvalue weighted by molar-refractivity contribution is 0.0792. The van der Waals surface area contributed by atoms with Crippen LogP contribution in [0.5, 0.6) is 0 Å². The van der Waals surface area contributed by atoms with Crippen LogP contribution in [0, 0.1) is 0 Å². The van der Waals surface area contributed by atoms with Crippen molar-refractivity contribution in [2.75, 3.05) is 32.6 Å². The van der Waals surface area contributed by atoms with Gasteiger partial charge in [-0.1, -0.05) is 6.92 Å². The second-order valence-electron chi connectivity index (χ2n) is 3.04. The molecule has 0 saturated heterocycles. The van der Waals surface area contributed by atoms with Crippen molar-refractivity contribution in [2.24, 2.45) is 0 Å². The molecule has 0 aliphatic carbocycles. The summed E-state index contributed by atoms with van der Waals surface area (Å²) in [7, 11) is 1.75. The van der Waals surface area contributed by atoms with Gasteiger partial charge in [-0.3, -0.25) is 4.90 Å². The van der Waals surface area contributed by atoms with Gasteiger partial charge in [0.2, 0.25) is 0 Å². The maximum absolute atomic E-state index is 5.68. The van der Waals surface area contributed by atoms with Crippen LogP contribution in [0.4, 0.5) is 0 Å². The van der Waals surface area contributed by atoms with E-state index in [0.29, 0.717) is 12.0 Å². The molecule has 2 nitrogen and oxygen atoms in total. The first kappa shape index (κ1) is 12.2. The number of halogens is 1. The maximum Gasteiger partial charge on any atom is 0.0670 e. The highest BCUT2D eigenvalue weighted by Crippen LogP contribution is 1.97. The van der Waals surface area contributed by atoms with Gasteiger partial charge in [0.25, 0.3) is 0 Å². The Labute approximate surface area is 80.8 Å². The number of methoxy groups -OCH3 is 1. The molecular weight excluding hydrogens is 174 g/mol. The van der Waals surface area contributed by atoms with E-state index in [1.807, 2.05) is 0 Å². The number of rotatable bonds is 7. The van der Waals surface area contributed by atoms with E-state index in [1.54, 1.807) is 7.11 Å². The molecule has 3 heteroatoms. The van der Waals surface area contributed by atoms with Crippen molar-refractivity contribution in [1.29, 1.82) is 0 Å². The third-order valence-corrected chi connectivity index (χ3v) is 2.03. The molecule has 0 fully saturated rings. The van der Waals surface area contributed by atoms with Crippen LogP contribution >= 0.6 is 11.6 Å². The molecule has 0 bridgehead atoms. The van der Waals surface area contributed by atoms with Crippen LogP contribution in [0.1, 0.15) is 20.3 Å². The molecule has 0 amide bonds. The maximum atomic E-state index is 5.68. The Morgan fingerprint density at radius 1 is 1.42 bits per heavy atom. The molecule has 0 rings (SSSR count). The van der Waals surface area contributed by atoms with Crippen molar-refractivity contribution in [2.45, 2.75) is 26.4 Å². The van der Waals surface area contributed by atoms with Gasteiger partial charge in [0.05, 0.1) is 6.10 Å². The largest absolute Gasteiger partial charge is 0.380 e. The fourth-order valence-corrected chi connectivity index (χ4v) is 1.41. The lowest BCUT2D eigenvalue weighted by atomic mass is 10.3. The molecule has 0 N–H and O–H groups in total. The standard InChI is InChI=1S/C9H20ClNO/c1-4-6-11(7-5-10)8-9(2)12-3/h9H,4-8H2,1-3H3. The zero-order chi connectivity index (χ0) is 9.40. The molecule has 12 heavy (non-hydrogen) atoms. The first-order valence-electron chi connectivity index (χ1n) is 4.55. The summed E-state index contributed by atoms with van der Waals surface area (Å²) in [5.41, 5.74) is 0. The smallest absolute Gasteiger partial charge is 0.0670 e. The van der Waals surface area contributed by atoms with E-state index in [9.17, 15) is 0 Å². The SMILES string of the molecule is CCCN(CCCl)CC(C)OC. The average molecular weight is 194 g/mol. The molecule has 0 aromatic rings. The minimum Gasteiger partial charge on any atom is -0.380 e. The summed E-state index contributed by atoms with van der Waals surface area (Å²) < 4.78 is 5.19. The fraction of sp³-hybridized carbons (Fsp3) is 1.00. The molecule has 0 heterocycles. The molecule has 0 aromatic carbocycles. The van der Waals surface area contributed by atoms with E-state index in [1.165, 1.54) is 6.42 Å². The summed E-state index contributed by atoms with van der Waals surface area (Å²) >= 11 is 5.68. The minimum absolute atomic E-state index is 0.305. The van der Waals surface area contributed by atoms with E-state index >= 15 is 0 Å². The van der Waals surface area contributed by atoms with E-state index in [0.717, 1.165) is 19.6 Å². The van der Waals surface area contributed by atoms with Gasteiger partial charge in [-0.15, -0.1) is 11.6 Å². The van der Waals surface area contributed by atoms with Gasteiger partial charge in [0.1, 0.15) is 0 Å². The summed E-state index contributed by atoms with van der Waals surface area (Å²) in [6.45, 7) is 7.32. The fourth-order valence-electron chi connectivity index (χ4n) is 1.17. The van der Waals surface area contributed by atoms with E-state index in [-0.39, 0.29) is 0 Å². The van der Waals surface area contributed by atoms with Gasteiger partial charge >= 0.3 is 0 Å². The quantitative estimate of drug-likeness (QED) is 0.574. The number of hydrogen-bond acceptors (Lipinski definition) is 2. The highest BCUT2D eigenvalue weighted by Gasteiger charge is 2.07. The lowest BCUT2D eigenvalue weighted by Crippen LogP contribution is -2.34. The van der Waals surface area contributed by atoms with Crippen molar-refractivity contribution < 1.29 is 4.74 Å². The van der Waals surface area contributed by atoms with Crippen LogP contribution in [0.2, 0.25) is 0 Å². The minimum atomic E-state index is 0.305. The molecule has 1 unspecified atom stereocenters. The van der Waals surface area contributed by atoms with Crippen molar-refractivity contribution in [3.05, 3.63) is 0 Å². The van der Waals surface area contributed by atoms with Gasteiger partial charge < -0.3 is 4.74 Å². The van der Waals surface area contributed by atoms with Crippen LogP contribution in [-0.2, 0) is 4.74 Å². The molecule has 0 saturated carbocycles. The topological polar surface area (TPSA) is 12.5 Å². The van der Waals surface area contributed by atoms with E-state index in [2.05, 4.69) is 18.7 Å². The monoisotopic (exact) mass is 193 g/mol. The molecule has 0 spiro atoms. The lowest BCUT2D eigenvalue weighted by Gasteiger charge is -2.23. The third kappa shape index (κ3) is 5.81. The summed E-state index contributed by atoms with van der Waals surface area (Å²) in [5, 5.41) is 0. The Morgan fingerprint density at radius 3 is 2.50 bits per heavy atom. The molecule has 1 atom stereocenters. The van der Waals surface area contributed by atoms with Gasteiger partial charge in [0, 0.05) is 26.1 Å².